The van der Waals surface area contributed by atoms with E-state index in [1.807, 2.05) is 36.4 Å². The first-order chi connectivity index (χ1) is 19.2. The van der Waals surface area contributed by atoms with Crippen LogP contribution in [0.25, 0.3) is 11.1 Å². The Morgan fingerprint density at radius 3 is 2.05 bits per heavy atom. The molecule has 0 heterocycles. The van der Waals surface area contributed by atoms with Gasteiger partial charge in [0.15, 0.2) is 0 Å². The highest BCUT2D eigenvalue weighted by molar-refractivity contribution is 5.80. The lowest BCUT2D eigenvalue weighted by atomic mass is 9.71. The van der Waals surface area contributed by atoms with Crippen LogP contribution >= 0.6 is 0 Å². The molecule has 0 radical (unpaired) electrons. The second kappa shape index (κ2) is 11.9. The molecule has 2 atom stereocenters. The highest BCUT2D eigenvalue weighted by atomic mass is 19.4. The first-order valence-electron chi connectivity index (χ1n) is 14.2. The Bertz CT molecular complexity index is 1270. The van der Waals surface area contributed by atoms with Gasteiger partial charge in [0, 0.05) is 11.8 Å². The summed E-state index contributed by atoms with van der Waals surface area (Å²) in [6, 6.07) is 21.8. The Balaban J connectivity index is 1.11. The molecule has 0 aliphatic heterocycles. The van der Waals surface area contributed by atoms with Crippen LogP contribution in [0.15, 0.2) is 72.8 Å². The van der Waals surface area contributed by atoms with Crippen molar-refractivity contribution < 1.29 is 27.4 Å². The third-order valence-electron chi connectivity index (χ3n) is 8.91. The van der Waals surface area contributed by atoms with Crippen LogP contribution in [0.4, 0.5) is 13.2 Å². The van der Waals surface area contributed by atoms with E-state index in [0.717, 1.165) is 72.8 Å². The number of alkyl halides is 3. The molecule has 0 spiro atoms. The molecule has 2 aliphatic carbocycles. The zero-order valence-electron chi connectivity index (χ0n) is 22.6. The third kappa shape index (κ3) is 6.98. The summed E-state index contributed by atoms with van der Waals surface area (Å²) in [7, 11) is 0. The molecule has 0 aromatic heterocycles. The van der Waals surface area contributed by atoms with Gasteiger partial charge in [-0.05, 0) is 110 Å². The molecule has 0 saturated heterocycles. The van der Waals surface area contributed by atoms with E-state index in [0.29, 0.717) is 13.0 Å². The number of primary amides is 1. The molecule has 2 aliphatic rings. The number of fused-ring (bicyclic) bond motifs is 1. The molecule has 2 fully saturated rings. The molecule has 2 saturated carbocycles. The Hall–Kier alpha value is -3.48. The van der Waals surface area contributed by atoms with Crippen molar-refractivity contribution in [3.8, 4) is 22.6 Å². The van der Waals surface area contributed by atoms with Crippen LogP contribution in [0.2, 0.25) is 0 Å². The summed E-state index contributed by atoms with van der Waals surface area (Å²) >= 11 is 0. The lowest BCUT2D eigenvalue weighted by Crippen LogP contribution is -2.37. The number of nitrogens with two attached hydrogens (primary N) is 1. The molecule has 3 aromatic rings. The number of aryl methyl sites for hydroxylation is 1. The number of carbonyl (C=O) groups excluding carboxylic acids is 1. The molecule has 7 heteroatoms. The minimum Gasteiger partial charge on any atom is -0.493 e. The van der Waals surface area contributed by atoms with E-state index in [2.05, 4.69) is 16.9 Å². The predicted molar refractivity (Wildman–Crippen MR) is 149 cm³/mol. The van der Waals surface area contributed by atoms with Crippen LogP contribution in [0, 0.1) is 17.3 Å². The Morgan fingerprint density at radius 1 is 0.800 bits per heavy atom. The van der Waals surface area contributed by atoms with Gasteiger partial charge in [-0.25, -0.2) is 0 Å². The van der Waals surface area contributed by atoms with Gasteiger partial charge in [-0.1, -0.05) is 48.5 Å². The molecule has 0 bridgehead atoms. The van der Waals surface area contributed by atoms with Crippen LogP contribution in [0.3, 0.4) is 0 Å². The minimum absolute atomic E-state index is 0.134. The molecule has 3 aromatic carbocycles. The Morgan fingerprint density at radius 2 is 1.45 bits per heavy atom. The highest BCUT2D eigenvalue weighted by Crippen LogP contribution is 2.50. The summed E-state index contributed by atoms with van der Waals surface area (Å²) in [6.45, 7) is 0.494. The van der Waals surface area contributed by atoms with Gasteiger partial charge in [-0.3, -0.25) is 4.79 Å². The number of benzene rings is 3. The van der Waals surface area contributed by atoms with E-state index in [1.54, 1.807) is 12.1 Å². The number of carbonyl (C=O) groups is 1. The lowest BCUT2D eigenvalue weighted by Gasteiger charge is -2.35. The fraction of sp³-hybridized carbons (Fsp3) is 0.424. The summed E-state index contributed by atoms with van der Waals surface area (Å²) in [5.41, 5.74) is 9.53. The maximum absolute atomic E-state index is 12.5. The first kappa shape index (κ1) is 28.1. The smallest absolute Gasteiger partial charge is 0.493 e. The second-order valence-corrected chi connectivity index (χ2v) is 11.3. The molecule has 2 N–H and O–H groups in total. The minimum atomic E-state index is -4.70. The quantitative estimate of drug-likeness (QED) is 0.279. The maximum Gasteiger partial charge on any atom is 0.573 e. The highest BCUT2D eigenvalue weighted by Gasteiger charge is 2.43. The predicted octanol–water partition coefficient (Wildman–Crippen LogP) is 7.88. The fourth-order valence-electron chi connectivity index (χ4n) is 6.24. The zero-order chi connectivity index (χ0) is 28.2. The van der Waals surface area contributed by atoms with Gasteiger partial charge >= 0.3 is 6.36 Å². The van der Waals surface area contributed by atoms with E-state index in [1.165, 1.54) is 30.5 Å². The Kier molecular flexibility index (Phi) is 8.38. The van der Waals surface area contributed by atoms with Gasteiger partial charge in [-0.2, -0.15) is 0 Å². The largest absolute Gasteiger partial charge is 0.573 e. The summed E-state index contributed by atoms with van der Waals surface area (Å²) in [4.78, 5) is 12.5. The number of hydrogen-bond acceptors (Lipinski definition) is 3. The van der Waals surface area contributed by atoms with E-state index >= 15 is 0 Å². The van der Waals surface area contributed by atoms with Gasteiger partial charge < -0.3 is 15.2 Å². The van der Waals surface area contributed by atoms with E-state index in [4.69, 9.17) is 10.5 Å². The number of hydrogen-bond donors (Lipinski definition) is 1. The SMILES string of the molecule is NC(=O)C1(CCc2ccc(OCCc3cccc(-c4ccc(OC(F)(F)F)cc4)c3)cc2)CCC2CCC2CC1. The van der Waals surface area contributed by atoms with Crippen LogP contribution in [0.1, 0.15) is 56.1 Å². The molecule has 1 amide bonds. The van der Waals surface area contributed by atoms with Gasteiger partial charge in [0.25, 0.3) is 0 Å². The Labute approximate surface area is 233 Å². The van der Waals surface area contributed by atoms with Crippen molar-refractivity contribution in [1.82, 2.24) is 0 Å². The van der Waals surface area contributed by atoms with Crippen molar-refractivity contribution in [2.24, 2.45) is 23.0 Å². The van der Waals surface area contributed by atoms with Gasteiger partial charge in [-0.15, -0.1) is 13.2 Å². The molecule has 5 rings (SSSR count). The van der Waals surface area contributed by atoms with Crippen molar-refractivity contribution in [3.05, 3.63) is 83.9 Å². The molecule has 40 heavy (non-hydrogen) atoms. The van der Waals surface area contributed by atoms with Crippen molar-refractivity contribution in [1.29, 1.82) is 0 Å². The van der Waals surface area contributed by atoms with Gasteiger partial charge in [0.1, 0.15) is 11.5 Å². The van der Waals surface area contributed by atoms with Crippen molar-refractivity contribution in [2.75, 3.05) is 6.61 Å². The standard InChI is InChI=1S/C33H36F3NO3/c34-33(35,36)40-30-12-8-25(9-13-30)28-3-1-2-24(22-28)17-21-39-29-10-4-23(5-11-29)14-18-32(31(37)38)19-15-26-6-7-27(26)16-20-32/h1-5,8-13,22,26-27H,6-7,14-21H2,(H2,37,38). The van der Waals surface area contributed by atoms with Crippen LogP contribution in [-0.4, -0.2) is 18.9 Å². The first-order valence-corrected chi connectivity index (χ1v) is 14.2. The normalized spacial score (nSPS) is 22.5. The van der Waals surface area contributed by atoms with Crippen molar-refractivity contribution in [2.45, 2.75) is 64.1 Å². The van der Waals surface area contributed by atoms with E-state index in [-0.39, 0.29) is 17.1 Å². The van der Waals surface area contributed by atoms with E-state index in [9.17, 15) is 18.0 Å². The zero-order valence-corrected chi connectivity index (χ0v) is 22.6. The average Bonchev–Trinajstić information content (AvgIpc) is 3.03. The van der Waals surface area contributed by atoms with Gasteiger partial charge in [0.2, 0.25) is 5.91 Å². The van der Waals surface area contributed by atoms with Gasteiger partial charge in [0.05, 0.1) is 6.61 Å². The number of ether oxygens (including phenoxy) is 2. The molecular weight excluding hydrogens is 515 g/mol. The summed E-state index contributed by atoms with van der Waals surface area (Å²) < 4.78 is 47.2. The van der Waals surface area contributed by atoms with Crippen LogP contribution in [0.5, 0.6) is 11.5 Å². The van der Waals surface area contributed by atoms with Crippen LogP contribution in [-0.2, 0) is 17.6 Å². The van der Waals surface area contributed by atoms with E-state index < -0.39 is 6.36 Å². The van der Waals surface area contributed by atoms with Crippen LogP contribution < -0.4 is 15.2 Å². The average molecular weight is 552 g/mol. The third-order valence-corrected chi connectivity index (χ3v) is 8.91. The molecular formula is C33H36F3NO3. The van der Waals surface area contributed by atoms with Crippen molar-refractivity contribution >= 4 is 5.91 Å². The summed E-state index contributed by atoms with van der Waals surface area (Å²) in [5, 5.41) is 0. The number of amides is 1. The molecule has 4 nitrogen and oxygen atoms in total. The lowest BCUT2D eigenvalue weighted by molar-refractivity contribution is -0.274. The fourth-order valence-corrected chi connectivity index (χ4v) is 6.24. The summed E-state index contributed by atoms with van der Waals surface area (Å²) in [6.07, 6.45) is 4.34. The topological polar surface area (TPSA) is 61.6 Å². The molecule has 2 unspecified atom stereocenters. The maximum atomic E-state index is 12.5. The molecule has 212 valence electrons. The number of halogens is 3. The number of rotatable bonds is 10. The second-order valence-electron chi connectivity index (χ2n) is 11.3. The van der Waals surface area contributed by atoms with Crippen molar-refractivity contribution in [3.63, 3.8) is 0 Å². The summed E-state index contributed by atoms with van der Waals surface area (Å²) in [5.74, 6) is 2.01. The monoisotopic (exact) mass is 551 g/mol.